The van der Waals surface area contributed by atoms with E-state index >= 15 is 0 Å². The molecule has 0 aliphatic rings. The summed E-state index contributed by atoms with van der Waals surface area (Å²) in [5.74, 6) is 3.87. The predicted octanol–water partition coefficient (Wildman–Crippen LogP) is 4.78. The van der Waals surface area contributed by atoms with E-state index in [1.54, 1.807) is 0 Å². The standard InChI is InChI=1S/C16H22O/c1-2-3-4-5-6-7-8-12-15-17-16-13-10-9-11-14-16/h9-11,13-14H,2-8H2,1H3. The van der Waals surface area contributed by atoms with Crippen LogP contribution in [0.4, 0.5) is 0 Å². The van der Waals surface area contributed by atoms with Crippen molar-refractivity contribution in [2.24, 2.45) is 0 Å². The molecule has 0 unspecified atom stereocenters. The summed E-state index contributed by atoms with van der Waals surface area (Å²) in [6.07, 6.45) is 11.6. The number of hydrogen-bond donors (Lipinski definition) is 0. The van der Waals surface area contributed by atoms with Gasteiger partial charge in [-0.2, -0.15) is 0 Å². The maximum Gasteiger partial charge on any atom is 0.140 e. The van der Waals surface area contributed by atoms with Gasteiger partial charge in [0.05, 0.1) is 0 Å². The molecule has 1 heteroatoms. The Morgan fingerprint density at radius 3 is 2.41 bits per heavy atom. The van der Waals surface area contributed by atoms with Gasteiger partial charge < -0.3 is 4.74 Å². The normalized spacial score (nSPS) is 9.47. The molecule has 0 amide bonds. The fraction of sp³-hybridized carbons (Fsp3) is 0.500. The molecule has 0 aromatic heterocycles. The van der Waals surface area contributed by atoms with Crippen LogP contribution in [0.1, 0.15) is 51.9 Å². The van der Waals surface area contributed by atoms with Gasteiger partial charge in [0.15, 0.2) is 0 Å². The summed E-state index contributed by atoms with van der Waals surface area (Å²) in [7, 11) is 0. The van der Waals surface area contributed by atoms with E-state index in [2.05, 4.69) is 19.0 Å². The molecular weight excluding hydrogens is 208 g/mol. The molecule has 0 saturated carbocycles. The number of para-hydroxylation sites is 1. The Balaban J connectivity index is 2.00. The highest BCUT2D eigenvalue weighted by Gasteiger charge is 1.88. The molecule has 0 fully saturated rings. The van der Waals surface area contributed by atoms with Crippen molar-refractivity contribution in [3.8, 4) is 17.8 Å². The minimum Gasteiger partial charge on any atom is -0.408 e. The van der Waals surface area contributed by atoms with Gasteiger partial charge in [0.1, 0.15) is 11.9 Å². The summed E-state index contributed by atoms with van der Waals surface area (Å²) in [5, 5.41) is 0. The molecule has 1 nitrogen and oxygen atoms in total. The molecule has 0 atom stereocenters. The van der Waals surface area contributed by atoms with Gasteiger partial charge in [0.25, 0.3) is 0 Å². The lowest BCUT2D eigenvalue weighted by Gasteiger charge is -1.96. The van der Waals surface area contributed by atoms with Crippen LogP contribution in [0.25, 0.3) is 0 Å². The fourth-order valence-electron chi connectivity index (χ4n) is 1.63. The first kappa shape index (κ1) is 13.6. The van der Waals surface area contributed by atoms with Crippen LogP contribution in [0.3, 0.4) is 0 Å². The van der Waals surface area contributed by atoms with E-state index in [9.17, 15) is 0 Å². The van der Waals surface area contributed by atoms with Crippen LogP contribution in [0.15, 0.2) is 30.3 Å². The van der Waals surface area contributed by atoms with Gasteiger partial charge in [-0.3, -0.25) is 0 Å². The Morgan fingerprint density at radius 1 is 0.941 bits per heavy atom. The zero-order chi connectivity index (χ0) is 12.2. The topological polar surface area (TPSA) is 9.23 Å². The lowest BCUT2D eigenvalue weighted by Crippen LogP contribution is -1.82. The van der Waals surface area contributed by atoms with E-state index in [0.29, 0.717) is 0 Å². The second-order valence-electron chi connectivity index (χ2n) is 4.21. The van der Waals surface area contributed by atoms with Crippen LogP contribution < -0.4 is 4.74 Å². The average molecular weight is 230 g/mol. The Hall–Kier alpha value is -1.42. The molecule has 0 bridgehead atoms. The molecule has 0 radical (unpaired) electrons. The van der Waals surface area contributed by atoms with Crippen molar-refractivity contribution in [1.29, 1.82) is 0 Å². The Kier molecular flexibility index (Phi) is 7.85. The fourth-order valence-corrected chi connectivity index (χ4v) is 1.63. The van der Waals surface area contributed by atoms with Crippen LogP contribution in [0, 0.1) is 12.0 Å². The Morgan fingerprint density at radius 2 is 1.65 bits per heavy atom. The van der Waals surface area contributed by atoms with Crippen molar-refractivity contribution >= 4 is 0 Å². The highest BCUT2D eigenvalue weighted by atomic mass is 16.5. The van der Waals surface area contributed by atoms with Crippen LogP contribution in [0.2, 0.25) is 0 Å². The van der Waals surface area contributed by atoms with Crippen LogP contribution in [-0.2, 0) is 0 Å². The molecule has 0 aliphatic heterocycles. The first-order valence-corrected chi connectivity index (χ1v) is 6.63. The molecule has 1 aromatic carbocycles. The van der Waals surface area contributed by atoms with Gasteiger partial charge in [-0.15, -0.1) is 0 Å². The SMILES string of the molecule is CCCCCCCCC#COc1ccccc1. The number of hydrogen-bond acceptors (Lipinski definition) is 1. The van der Waals surface area contributed by atoms with E-state index in [-0.39, 0.29) is 0 Å². The number of unbranched alkanes of at least 4 members (excludes halogenated alkanes) is 6. The third-order valence-corrected chi connectivity index (χ3v) is 2.64. The van der Waals surface area contributed by atoms with Crippen molar-refractivity contribution in [2.75, 3.05) is 0 Å². The molecule has 0 saturated heterocycles. The first-order valence-electron chi connectivity index (χ1n) is 6.63. The second-order valence-corrected chi connectivity index (χ2v) is 4.21. The van der Waals surface area contributed by atoms with Gasteiger partial charge in [-0.05, 0) is 18.6 Å². The van der Waals surface area contributed by atoms with E-state index in [0.717, 1.165) is 12.2 Å². The lowest BCUT2D eigenvalue weighted by molar-refractivity contribution is 0.518. The number of benzene rings is 1. The zero-order valence-corrected chi connectivity index (χ0v) is 10.7. The van der Waals surface area contributed by atoms with Gasteiger partial charge in [-0.25, -0.2) is 0 Å². The van der Waals surface area contributed by atoms with Gasteiger partial charge in [0.2, 0.25) is 0 Å². The van der Waals surface area contributed by atoms with E-state index in [1.165, 1.54) is 38.5 Å². The van der Waals surface area contributed by atoms with Crippen molar-refractivity contribution in [3.63, 3.8) is 0 Å². The molecule has 17 heavy (non-hydrogen) atoms. The Bertz CT molecular complexity index is 332. The summed E-state index contributed by atoms with van der Waals surface area (Å²) in [4.78, 5) is 0. The van der Waals surface area contributed by atoms with Crippen molar-refractivity contribution in [3.05, 3.63) is 30.3 Å². The van der Waals surface area contributed by atoms with Crippen molar-refractivity contribution in [2.45, 2.75) is 51.9 Å². The van der Waals surface area contributed by atoms with E-state index < -0.39 is 0 Å². The van der Waals surface area contributed by atoms with Gasteiger partial charge in [-0.1, -0.05) is 63.1 Å². The number of rotatable bonds is 7. The molecule has 0 aliphatic carbocycles. The molecule has 0 heterocycles. The number of ether oxygens (including phenoxy) is 1. The van der Waals surface area contributed by atoms with E-state index in [1.807, 2.05) is 30.3 Å². The second kappa shape index (κ2) is 9.78. The zero-order valence-electron chi connectivity index (χ0n) is 10.7. The van der Waals surface area contributed by atoms with Crippen LogP contribution in [-0.4, -0.2) is 0 Å². The minimum atomic E-state index is 0.822. The summed E-state index contributed by atoms with van der Waals surface area (Å²) >= 11 is 0. The monoisotopic (exact) mass is 230 g/mol. The quantitative estimate of drug-likeness (QED) is 0.484. The minimum absolute atomic E-state index is 0.822. The molecule has 1 rings (SSSR count). The maximum absolute atomic E-state index is 5.29. The van der Waals surface area contributed by atoms with Crippen LogP contribution in [0.5, 0.6) is 5.75 Å². The van der Waals surface area contributed by atoms with Gasteiger partial charge in [0, 0.05) is 6.42 Å². The average Bonchev–Trinajstić information content (AvgIpc) is 2.38. The maximum atomic E-state index is 5.29. The summed E-state index contributed by atoms with van der Waals surface area (Å²) < 4.78 is 5.29. The van der Waals surface area contributed by atoms with E-state index in [4.69, 9.17) is 4.74 Å². The molecule has 1 aromatic rings. The summed E-state index contributed by atoms with van der Waals surface area (Å²) in [6.45, 7) is 2.24. The summed E-state index contributed by atoms with van der Waals surface area (Å²) in [6, 6.07) is 9.70. The molecular formula is C16H22O. The molecule has 0 N–H and O–H groups in total. The predicted molar refractivity (Wildman–Crippen MR) is 72.8 cm³/mol. The van der Waals surface area contributed by atoms with Crippen molar-refractivity contribution in [1.82, 2.24) is 0 Å². The van der Waals surface area contributed by atoms with Crippen LogP contribution >= 0.6 is 0 Å². The van der Waals surface area contributed by atoms with Gasteiger partial charge >= 0.3 is 0 Å². The summed E-state index contributed by atoms with van der Waals surface area (Å²) in [5.41, 5.74) is 0. The highest BCUT2D eigenvalue weighted by molar-refractivity contribution is 5.22. The first-order chi connectivity index (χ1) is 8.43. The van der Waals surface area contributed by atoms with Crippen molar-refractivity contribution < 1.29 is 4.74 Å². The molecule has 92 valence electrons. The molecule has 0 spiro atoms. The third-order valence-electron chi connectivity index (χ3n) is 2.64. The lowest BCUT2D eigenvalue weighted by atomic mass is 10.1. The largest absolute Gasteiger partial charge is 0.408 e. The third kappa shape index (κ3) is 7.47. The smallest absolute Gasteiger partial charge is 0.140 e. The highest BCUT2D eigenvalue weighted by Crippen LogP contribution is 2.08. The Labute approximate surface area is 105 Å².